The molecular weight excluding hydrogens is 298 g/mol. The molecule has 0 unspecified atom stereocenters. The monoisotopic (exact) mass is 311 g/mol. The minimum Gasteiger partial charge on any atom is -0.484 e. The molecule has 0 fully saturated rings. The molecule has 3 N–H and O–H groups in total. The molecule has 1 atom stereocenters. The second-order valence-corrected chi connectivity index (χ2v) is 5.80. The number of hydrogen-bond acceptors (Lipinski definition) is 4. The third-order valence-electron chi connectivity index (χ3n) is 2.96. The fraction of sp³-hybridized carbons (Fsp3) is 0.214. The molecule has 0 radical (unpaired) electrons. The van der Waals surface area contributed by atoms with Gasteiger partial charge in [0.25, 0.3) is 0 Å². The summed E-state index contributed by atoms with van der Waals surface area (Å²) in [7, 11) is 0. The van der Waals surface area contributed by atoms with E-state index in [0.717, 1.165) is 16.9 Å². The molecule has 106 valence electrons. The highest BCUT2D eigenvalue weighted by Gasteiger charge is 2.23. The lowest BCUT2D eigenvalue weighted by atomic mass is 10.1. The molecule has 20 heavy (non-hydrogen) atoms. The first-order chi connectivity index (χ1) is 9.41. The third kappa shape index (κ3) is 2.73. The van der Waals surface area contributed by atoms with E-state index in [-0.39, 0.29) is 11.0 Å². The minimum absolute atomic E-state index is 0.110. The van der Waals surface area contributed by atoms with Crippen molar-refractivity contribution in [1.29, 1.82) is 0 Å². The highest BCUT2D eigenvalue weighted by Crippen LogP contribution is 2.39. The molecule has 2 rings (SSSR count). The number of benzene rings is 1. The van der Waals surface area contributed by atoms with Crippen LogP contribution >= 0.6 is 22.9 Å². The van der Waals surface area contributed by atoms with Gasteiger partial charge in [0.05, 0.1) is 5.00 Å². The van der Waals surface area contributed by atoms with E-state index in [4.69, 9.17) is 22.1 Å². The Kier molecular flexibility index (Phi) is 4.20. The summed E-state index contributed by atoms with van der Waals surface area (Å²) in [4.78, 5) is 11.3. The van der Waals surface area contributed by atoms with Crippen molar-refractivity contribution >= 4 is 33.9 Å². The van der Waals surface area contributed by atoms with Crippen LogP contribution in [0.25, 0.3) is 0 Å². The first-order valence-corrected chi connectivity index (χ1v) is 7.14. The Bertz CT molecular complexity index is 654. The van der Waals surface area contributed by atoms with Crippen LogP contribution in [-0.4, -0.2) is 11.1 Å². The molecule has 0 saturated carbocycles. The summed E-state index contributed by atoms with van der Waals surface area (Å²) in [5.74, 6) is -0.733. The summed E-state index contributed by atoms with van der Waals surface area (Å²) in [6, 6.07) is 7.30. The largest absolute Gasteiger partial charge is 0.484 e. The van der Waals surface area contributed by atoms with E-state index >= 15 is 0 Å². The zero-order chi connectivity index (χ0) is 14.9. The van der Waals surface area contributed by atoms with Crippen molar-refractivity contribution in [2.24, 2.45) is 0 Å². The molecule has 0 amide bonds. The molecule has 1 heterocycles. The van der Waals surface area contributed by atoms with Gasteiger partial charge in [0.15, 0.2) is 10.6 Å². The maximum Gasteiger partial charge on any atom is 0.349 e. The molecule has 0 bridgehead atoms. The number of ether oxygens (including phenoxy) is 1. The van der Waals surface area contributed by atoms with Gasteiger partial charge < -0.3 is 15.6 Å². The predicted octanol–water partition coefficient (Wildman–Crippen LogP) is 4.13. The van der Waals surface area contributed by atoms with Crippen LogP contribution in [0.2, 0.25) is 5.02 Å². The van der Waals surface area contributed by atoms with E-state index in [1.165, 1.54) is 0 Å². The van der Waals surface area contributed by atoms with E-state index in [1.807, 2.05) is 25.1 Å². The molecule has 0 aliphatic heterocycles. The molecule has 4 nitrogen and oxygen atoms in total. The van der Waals surface area contributed by atoms with Gasteiger partial charge in [0.1, 0.15) is 6.10 Å². The molecule has 6 heteroatoms. The van der Waals surface area contributed by atoms with Crippen LogP contribution in [0, 0.1) is 6.92 Å². The van der Waals surface area contributed by atoms with Gasteiger partial charge in [-0.15, -0.1) is 11.3 Å². The Morgan fingerprint density at radius 1 is 1.45 bits per heavy atom. The lowest BCUT2D eigenvalue weighted by Gasteiger charge is -2.17. The van der Waals surface area contributed by atoms with Gasteiger partial charge in [-0.2, -0.15) is 0 Å². The Morgan fingerprint density at radius 2 is 2.10 bits per heavy atom. The summed E-state index contributed by atoms with van der Waals surface area (Å²) >= 11 is 7.12. The van der Waals surface area contributed by atoms with Crippen LogP contribution in [0.1, 0.15) is 33.8 Å². The smallest absolute Gasteiger partial charge is 0.349 e. The van der Waals surface area contributed by atoms with Crippen molar-refractivity contribution < 1.29 is 14.6 Å². The van der Waals surface area contributed by atoms with Gasteiger partial charge in [0, 0.05) is 16.1 Å². The van der Waals surface area contributed by atoms with Crippen LogP contribution in [0.15, 0.2) is 24.3 Å². The van der Waals surface area contributed by atoms with Crippen molar-refractivity contribution in [2.75, 3.05) is 5.73 Å². The topological polar surface area (TPSA) is 72.6 Å². The molecule has 0 saturated heterocycles. The number of carboxylic acid groups (broad SMARTS) is 1. The number of carbonyl (C=O) groups is 1. The Hall–Kier alpha value is -1.72. The van der Waals surface area contributed by atoms with Gasteiger partial charge in [-0.05, 0) is 19.9 Å². The maximum atomic E-state index is 11.2. The van der Waals surface area contributed by atoms with Gasteiger partial charge in [-0.1, -0.05) is 29.8 Å². The fourth-order valence-corrected chi connectivity index (χ4v) is 2.98. The van der Waals surface area contributed by atoms with Crippen molar-refractivity contribution in [3.05, 3.63) is 45.3 Å². The molecule has 0 spiro atoms. The quantitative estimate of drug-likeness (QED) is 0.890. The SMILES string of the molecule is Cc1c(N)sc(C(=O)O)c1O[C@H](C)c1ccccc1Cl. The van der Waals surface area contributed by atoms with Crippen LogP contribution in [0.3, 0.4) is 0 Å². The number of nitrogens with two attached hydrogens (primary N) is 1. The van der Waals surface area contributed by atoms with Crippen LogP contribution < -0.4 is 10.5 Å². The number of carboxylic acids is 1. The number of thiophene rings is 1. The standard InChI is InChI=1S/C14H14ClNO3S/c1-7-11(12(14(17)18)20-13(7)16)19-8(2)9-5-3-4-6-10(9)15/h3-6,8H,16H2,1-2H3,(H,17,18)/t8-/m1/s1. The number of anilines is 1. The van der Waals surface area contributed by atoms with E-state index in [1.54, 1.807) is 13.0 Å². The maximum absolute atomic E-state index is 11.2. The molecule has 1 aromatic carbocycles. The van der Waals surface area contributed by atoms with Crippen LogP contribution in [-0.2, 0) is 0 Å². The first kappa shape index (κ1) is 14.7. The Balaban J connectivity index is 2.35. The molecule has 2 aromatic rings. The van der Waals surface area contributed by atoms with Gasteiger partial charge in [0.2, 0.25) is 0 Å². The summed E-state index contributed by atoms with van der Waals surface area (Å²) in [5.41, 5.74) is 7.22. The molecule has 0 aliphatic rings. The average molecular weight is 312 g/mol. The summed E-state index contributed by atoms with van der Waals surface area (Å²) in [6.45, 7) is 3.56. The summed E-state index contributed by atoms with van der Waals surface area (Å²) < 4.78 is 5.79. The fourth-order valence-electron chi connectivity index (χ4n) is 1.84. The predicted molar refractivity (Wildman–Crippen MR) is 80.9 cm³/mol. The zero-order valence-corrected chi connectivity index (χ0v) is 12.6. The van der Waals surface area contributed by atoms with Gasteiger partial charge >= 0.3 is 5.97 Å². The zero-order valence-electron chi connectivity index (χ0n) is 11.0. The highest BCUT2D eigenvalue weighted by atomic mass is 35.5. The third-order valence-corrected chi connectivity index (χ3v) is 4.39. The normalized spacial score (nSPS) is 12.2. The van der Waals surface area contributed by atoms with Crippen molar-refractivity contribution in [3.63, 3.8) is 0 Å². The number of hydrogen-bond donors (Lipinski definition) is 2. The van der Waals surface area contributed by atoms with Crippen molar-refractivity contribution in [1.82, 2.24) is 0 Å². The number of rotatable bonds is 4. The highest BCUT2D eigenvalue weighted by molar-refractivity contribution is 7.18. The number of aromatic carboxylic acids is 1. The molecular formula is C14H14ClNO3S. The van der Waals surface area contributed by atoms with Gasteiger partial charge in [-0.25, -0.2) is 4.79 Å². The van der Waals surface area contributed by atoms with Crippen molar-refractivity contribution in [2.45, 2.75) is 20.0 Å². The van der Waals surface area contributed by atoms with Crippen LogP contribution in [0.4, 0.5) is 5.00 Å². The van der Waals surface area contributed by atoms with E-state index in [2.05, 4.69) is 0 Å². The second kappa shape index (κ2) is 5.73. The lowest BCUT2D eigenvalue weighted by molar-refractivity contribution is 0.0695. The second-order valence-electron chi connectivity index (χ2n) is 4.34. The van der Waals surface area contributed by atoms with E-state index < -0.39 is 5.97 Å². The minimum atomic E-state index is -1.05. The Labute approximate surface area is 125 Å². The van der Waals surface area contributed by atoms with Crippen molar-refractivity contribution in [3.8, 4) is 5.75 Å². The summed E-state index contributed by atoms with van der Waals surface area (Å²) in [6.07, 6.45) is -0.366. The molecule has 1 aromatic heterocycles. The van der Waals surface area contributed by atoms with E-state index in [0.29, 0.717) is 21.3 Å². The van der Waals surface area contributed by atoms with Gasteiger partial charge in [-0.3, -0.25) is 0 Å². The Morgan fingerprint density at radius 3 is 2.70 bits per heavy atom. The first-order valence-electron chi connectivity index (χ1n) is 5.95. The molecule has 0 aliphatic carbocycles. The number of halogens is 1. The lowest BCUT2D eigenvalue weighted by Crippen LogP contribution is -2.07. The van der Waals surface area contributed by atoms with E-state index in [9.17, 15) is 9.90 Å². The summed E-state index contributed by atoms with van der Waals surface area (Å²) in [5, 5.41) is 10.2. The van der Waals surface area contributed by atoms with Crippen LogP contribution in [0.5, 0.6) is 5.75 Å². The number of nitrogen functional groups attached to an aromatic ring is 1. The average Bonchev–Trinajstić information content (AvgIpc) is 2.67.